The van der Waals surface area contributed by atoms with Crippen LogP contribution in [0.15, 0.2) is 11.6 Å². The van der Waals surface area contributed by atoms with Crippen LogP contribution in [0.5, 0.6) is 0 Å². The van der Waals surface area contributed by atoms with Crippen molar-refractivity contribution in [3.63, 3.8) is 0 Å². The van der Waals surface area contributed by atoms with Crippen molar-refractivity contribution >= 4 is 28.3 Å². The Bertz CT molecular complexity index is 461. The molecule has 20 heavy (non-hydrogen) atoms. The van der Waals surface area contributed by atoms with E-state index in [0.717, 1.165) is 25.8 Å². The summed E-state index contributed by atoms with van der Waals surface area (Å²) in [6.45, 7) is 5.26. The van der Waals surface area contributed by atoms with E-state index in [1.54, 1.807) is 6.20 Å². The summed E-state index contributed by atoms with van der Waals surface area (Å²) in [5.74, 6) is 0.0530. The Balaban J connectivity index is 1.93. The normalized spacial score (nSPS) is 20.5. The van der Waals surface area contributed by atoms with E-state index < -0.39 is 0 Å². The first-order valence-corrected chi connectivity index (χ1v) is 7.99. The quantitative estimate of drug-likeness (QED) is 0.927. The van der Waals surface area contributed by atoms with Gasteiger partial charge >= 0.3 is 0 Å². The van der Waals surface area contributed by atoms with Gasteiger partial charge in [-0.05, 0) is 19.3 Å². The molecule has 2 rings (SSSR count). The van der Waals surface area contributed by atoms with Gasteiger partial charge in [-0.15, -0.1) is 11.3 Å². The fourth-order valence-electron chi connectivity index (χ4n) is 2.37. The van der Waals surface area contributed by atoms with Crippen LogP contribution in [0.1, 0.15) is 33.1 Å². The molecule has 1 aromatic heterocycles. The van der Waals surface area contributed by atoms with Crippen LogP contribution >= 0.6 is 11.3 Å². The molecule has 2 amide bonds. The van der Waals surface area contributed by atoms with E-state index in [0.29, 0.717) is 11.7 Å². The maximum absolute atomic E-state index is 12.2. The topological polar surface area (TPSA) is 62.3 Å². The molecule has 5 nitrogen and oxygen atoms in total. The molecule has 1 saturated heterocycles. The van der Waals surface area contributed by atoms with E-state index in [2.05, 4.69) is 10.3 Å². The van der Waals surface area contributed by atoms with Crippen molar-refractivity contribution < 1.29 is 9.59 Å². The van der Waals surface area contributed by atoms with Crippen molar-refractivity contribution in [3.8, 4) is 0 Å². The van der Waals surface area contributed by atoms with Gasteiger partial charge in [-0.3, -0.25) is 9.59 Å². The summed E-state index contributed by atoms with van der Waals surface area (Å²) in [4.78, 5) is 30.3. The molecule has 1 aliphatic rings. The van der Waals surface area contributed by atoms with Crippen molar-refractivity contribution in [2.45, 2.75) is 33.1 Å². The molecule has 0 spiro atoms. The highest BCUT2D eigenvalue weighted by atomic mass is 32.1. The van der Waals surface area contributed by atoms with Crippen LogP contribution in [0.2, 0.25) is 0 Å². The average Bonchev–Trinajstić information content (AvgIpc) is 2.98. The molecule has 0 saturated carbocycles. The second-order valence-electron chi connectivity index (χ2n) is 5.26. The summed E-state index contributed by atoms with van der Waals surface area (Å²) in [5, 5.41) is 5.28. The fourth-order valence-corrected chi connectivity index (χ4v) is 2.90. The number of likely N-dealkylation sites (tertiary alicyclic amines) is 1. The van der Waals surface area contributed by atoms with Gasteiger partial charge in [0.05, 0.1) is 5.92 Å². The van der Waals surface area contributed by atoms with Gasteiger partial charge in [0.15, 0.2) is 5.13 Å². The van der Waals surface area contributed by atoms with E-state index in [-0.39, 0.29) is 23.7 Å². The van der Waals surface area contributed by atoms with Gasteiger partial charge in [0.1, 0.15) is 0 Å². The van der Waals surface area contributed by atoms with Crippen LogP contribution in [0.25, 0.3) is 0 Å². The molecule has 0 bridgehead atoms. The highest BCUT2D eigenvalue weighted by molar-refractivity contribution is 7.13. The lowest BCUT2D eigenvalue weighted by Gasteiger charge is -2.33. The van der Waals surface area contributed by atoms with E-state index >= 15 is 0 Å². The Morgan fingerprint density at radius 2 is 2.40 bits per heavy atom. The minimum Gasteiger partial charge on any atom is -0.342 e. The molecule has 0 radical (unpaired) electrons. The van der Waals surface area contributed by atoms with Gasteiger partial charge in [-0.25, -0.2) is 4.98 Å². The van der Waals surface area contributed by atoms with Crippen LogP contribution in [0.4, 0.5) is 5.13 Å². The number of hydrogen-bond donors (Lipinski definition) is 1. The average molecular weight is 295 g/mol. The lowest BCUT2D eigenvalue weighted by Crippen LogP contribution is -2.45. The molecular weight excluding hydrogens is 274 g/mol. The number of hydrogen-bond acceptors (Lipinski definition) is 4. The molecule has 0 aliphatic carbocycles. The molecule has 0 unspecified atom stereocenters. The Morgan fingerprint density at radius 3 is 3.05 bits per heavy atom. The molecule has 6 heteroatoms. The lowest BCUT2D eigenvalue weighted by molar-refractivity contribution is -0.138. The zero-order valence-corrected chi connectivity index (χ0v) is 12.8. The molecule has 1 N–H and O–H groups in total. The van der Waals surface area contributed by atoms with Gasteiger partial charge in [0.2, 0.25) is 11.8 Å². The number of amides is 2. The van der Waals surface area contributed by atoms with E-state index in [4.69, 9.17) is 0 Å². The van der Waals surface area contributed by atoms with Gasteiger partial charge in [0, 0.05) is 30.6 Å². The summed E-state index contributed by atoms with van der Waals surface area (Å²) in [7, 11) is 0. The maximum Gasteiger partial charge on any atom is 0.231 e. The van der Waals surface area contributed by atoms with E-state index in [1.165, 1.54) is 11.3 Å². The number of piperidine rings is 1. The van der Waals surface area contributed by atoms with E-state index in [1.807, 2.05) is 24.1 Å². The Kier molecular flexibility index (Phi) is 5.11. The van der Waals surface area contributed by atoms with Gasteiger partial charge in [0.25, 0.3) is 0 Å². The van der Waals surface area contributed by atoms with Crippen molar-refractivity contribution in [1.82, 2.24) is 9.88 Å². The summed E-state index contributed by atoms with van der Waals surface area (Å²) in [5.41, 5.74) is 0. The SMILES string of the molecule is CC[C@H](C)C(=O)N1CCC[C@H](C(=O)Nc2nccs2)C1. The third kappa shape index (κ3) is 3.56. The second kappa shape index (κ2) is 6.83. The maximum atomic E-state index is 12.2. The van der Waals surface area contributed by atoms with Crippen molar-refractivity contribution in [3.05, 3.63) is 11.6 Å². The smallest absolute Gasteiger partial charge is 0.231 e. The highest BCUT2D eigenvalue weighted by Gasteiger charge is 2.30. The molecular formula is C14H21N3O2S. The third-order valence-corrected chi connectivity index (χ3v) is 4.49. The summed E-state index contributed by atoms with van der Waals surface area (Å²) < 4.78 is 0. The van der Waals surface area contributed by atoms with Crippen molar-refractivity contribution in [2.75, 3.05) is 18.4 Å². The van der Waals surface area contributed by atoms with Crippen LogP contribution in [0.3, 0.4) is 0 Å². The number of nitrogens with zero attached hydrogens (tertiary/aromatic N) is 2. The van der Waals surface area contributed by atoms with Crippen molar-refractivity contribution in [1.29, 1.82) is 0 Å². The summed E-state index contributed by atoms with van der Waals surface area (Å²) >= 11 is 1.41. The van der Waals surface area contributed by atoms with Crippen LogP contribution in [-0.2, 0) is 9.59 Å². The van der Waals surface area contributed by atoms with Gasteiger partial charge in [-0.2, -0.15) is 0 Å². The monoisotopic (exact) mass is 295 g/mol. The minimum atomic E-state index is -0.124. The molecule has 110 valence electrons. The molecule has 1 fully saturated rings. The molecule has 1 aliphatic heterocycles. The first kappa shape index (κ1) is 15.0. The molecule has 1 aromatic rings. The zero-order valence-electron chi connectivity index (χ0n) is 12.0. The lowest BCUT2D eigenvalue weighted by atomic mass is 9.95. The molecule has 2 heterocycles. The standard InChI is InChI=1S/C14H21N3O2S/c1-3-10(2)13(19)17-7-4-5-11(9-17)12(18)16-14-15-6-8-20-14/h6,8,10-11H,3-5,7,9H2,1-2H3,(H,15,16,18)/t10-,11-/m0/s1. The first-order valence-electron chi connectivity index (χ1n) is 7.11. The number of rotatable bonds is 4. The Morgan fingerprint density at radius 1 is 1.60 bits per heavy atom. The second-order valence-corrected chi connectivity index (χ2v) is 6.15. The summed E-state index contributed by atoms with van der Waals surface area (Å²) in [6.07, 6.45) is 4.23. The van der Waals surface area contributed by atoms with Crippen LogP contribution < -0.4 is 5.32 Å². The first-order chi connectivity index (χ1) is 9.61. The zero-order chi connectivity index (χ0) is 14.5. The fraction of sp³-hybridized carbons (Fsp3) is 0.643. The number of nitrogens with one attached hydrogen (secondary N) is 1. The Hall–Kier alpha value is -1.43. The number of anilines is 1. The Labute approximate surface area is 123 Å². The van der Waals surface area contributed by atoms with Gasteiger partial charge < -0.3 is 10.2 Å². The van der Waals surface area contributed by atoms with Crippen LogP contribution in [0, 0.1) is 11.8 Å². The minimum absolute atomic E-state index is 0.0263. The van der Waals surface area contributed by atoms with Crippen molar-refractivity contribution in [2.24, 2.45) is 11.8 Å². The predicted octanol–water partition coefficient (Wildman–Crippen LogP) is 2.37. The summed E-state index contributed by atoms with van der Waals surface area (Å²) in [6, 6.07) is 0. The number of carbonyl (C=O) groups is 2. The van der Waals surface area contributed by atoms with E-state index in [9.17, 15) is 9.59 Å². The highest BCUT2D eigenvalue weighted by Crippen LogP contribution is 2.21. The molecule has 2 atom stereocenters. The number of thiazole rings is 1. The predicted molar refractivity (Wildman–Crippen MR) is 79.5 cm³/mol. The number of aromatic nitrogens is 1. The van der Waals surface area contributed by atoms with Crippen LogP contribution in [-0.4, -0.2) is 34.8 Å². The number of carbonyl (C=O) groups excluding carboxylic acids is 2. The third-order valence-electron chi connectivity index (χ3n) is 3.80. The molecule has 0 aromatic carbocycles. The van der Waals surface area contributed by atoms with Gasteiger partial charge in [-0.1, -0.05) is 13.8 Å². The largest absolute Gasteiger partial charge is 0.342 e.